The fraction of sp³-hybridized carbons (Fsp3) is 0.524. The van der Waals surface area contributed by atoms with Crippen LogP contribution in [0.2, 0.25) is 0 Å². The molecule has 2 fully saturated rings. The number of piperidine rings is 1. The molecule has 0 amide bonds. The highest BCUT2D eigenvalue weighted by Gasteiger charge is 2.30. The molecule has 4 rings (SSSR count). The van der Waals surface area contributed by atoms with Crippen LogP contribution in [-0.2, 0) is 16.0 Å². The van der Waals surface area contributed by atoms with Gasteiger partial charge in [-0.05, 0) is 56.5 Å². The van der Waals surface area contributed by atoms with Crippen molar-refractivity contribution >= 4 is 16.9 Å². The lowest BCUT2D eigenvalue weighted by Gasteiger charge is -2.31. The summed E-state index contributed by atoms with van der Waals surface area (Å²) in [5.41, 5.74) is 2.27. The fourth-order valence-electron chi connectivity index (χ4n) is 4.21. The van der Waals surface area contributed by atoms with Crippen LogP contribution in [0.5, 0.6) is 0 Å². The Morgan fingerprint density at radius 2 is 1.92 bits per heavy atom. The number of hydrogen-bond donors (Lipinski definition) is 1. The number of aromatic nitrogens is 1. The number of fused-ring (bicyclic) bond motifs is 1. The Balaban J connectivity index is 1.27. The van der Waals surface area contributed by atoms with E-state index in [-0.39, 0.29) is 18.1 Å². The highest BCUT2D eigenvalue weighted by molar-refractivity contribution is 5.78. The number of carboxylic acids is 1. The van der Waals surface area contributed by atoms with E-state index >= 15 is 0 Å². The monoisotopic (exact) mass is 354 g/mol. The maximum Gasteiger partial charge on any atom is 0.306 e. The second kappa shape index (κ2) is 7.72. The molecule has 1 N–H and O–H groups in total. The van der Waals surface area contributed by atoms with Crippen molar-refractivity contribution < 1.29 is 14.6 Å². The summed E-state index contributed by atoms with van der Waals surface area (Å²) in [5.74, 6) is -0.810. The summed E-state index contributed by atoms with van der Waals surface area (Å²) in [7, 11) is 0. The summed E-state index contributed by atoms with van der Waals surface area (Å²) in [6, 6.07) is 10.4. The van der Waals surface area contributed by atoms with Gasteiger partial charge in [0.2, 0.25) is 0 Å². The Morgan fingerprint density at radius 3 is 2.73 bits per heavy atom. The average Bonchev–Trinajstić information content (AvgIpc) is 3.09. The molecule has 1 aromatic heterocycles. The molecule has 5 nitrogen and oxygen atoms in total. The topological polar surface area (TPSA) is 62.7 Å². The Hall–Kier alpha value is -1.98. The first-order valence-corrected chi connectivity index (χ1v) is 9.61. The SMILES string of the molecule is O=C(O)C1CCN(C[C@H]2CC[C@@H](Cc3cnc4ccccc4c3)O2)CC1. The molecule has 0 radical (unpaired) electrons. The van der Waals surface area contributed by atoms with E-state index in [4.69, 9.17) is 9.84 Å². The van der Waals surface area contributed by atoms with Gasteiger partial charge in [0.05, 0.1) is 23.6 Å². The van der Waals surface area contributed by atoms with Gasteiger partial charge in [-0.3, -0.25) is 9.78 Å². The van der Waals surface area contributed by atoms with Gasteiger partial charge < -0.3 is 14.7 Å². The van der Waals surface area contributed by atoms with Crippen LogP contribution in [-0.4, -0.2) is 52.8 Å². The number of para-hydroxylation sites is 1. The van der Waals surface area contributed by atoms with Crippen LogP contribution in [0.15, 0.2) is 36.5 Å². The predicted molar refractivity (Wildman–Crippen MR) is 100 cm³/mol. The number of rotatable bonds is 5. The van der Waals surface area contributed by atoms with Gasteiger partial charge in [-0.2, -0.15) is 0 Å². The van der Waals surface area contributed by atoms with Gasteiger partial charge in [0.25, 0.3) is 0 Å². The number of hydrogen-bond acceptors (Lipinski definition) is 4. The first kappa shape index (κ1) is 17.4. The molecule has 1 aromatic carbocycles. The summed E-state index contributed by atoms with van der Waals surface area (Å²) in [5, 5.41) is 10.3. The quantitative estimate of drug-likeness (QED) is 0.894. The lowest BCUT2D eigenvalue weighted by Crippen LogP contribution is -2.40. The van der Waals surface area contributed by atoms with E-state index in [1.807, 2.05) is 24.4 Å². The Labute approximate surface area is 154 Å². The molecule has 2 atom stereocenters. The molecule has 2 aliphatic heterocycles. The van der Waals surface area contributed by atoms with Gasteiger partial charge in [0.15, 0.2) is 0 Å². The molecule has 0 saturated carbocycles. The zero-order valence-corrected chi connectivity index (χ0v) is 15.0. The van der Waals surface area contributed by atoms with Gasteiger partial charge in [-0.1, -0.05) is 18.2 Å². The van der Waals surface area contributed by atoms with Crippen LogP contribution in [0.1, 0.15) is 31.2 Å². The number of likely N-dealkylation sites (tertiary alicyclic amines) is 1. The van der Waals surface area contributed by atoms with Gasteiger partial charge >= 0.3 is 5.97 Å². The molecule has 0 bridgehead atoms. The number of carboxylic acid groups (broad SMARTS) is 1. The third-order valence-corrected chi connectivity index (χ3v) is 5.70. The third kappa shape index (κ3) is 4.05. The Bertz CT molecular complexity index is 771. The minimum absolute atomic E-state index is 0.163. The van der Waals surface area contributed by atoms with Crippen molar-refractivity contribution in [3.8, 4) is 0 Å². The fourth-order valence-corrected chi connectivity index (χ4v) is 4.21. The van der Waals surface area contributed by atoms with E-state index in [1.165, 1.54) is 10.9 Å². The van der Waals surface area contributed by atoms with E-state index in [9.17, 15) is 4.79 Å². The standard InChI is InChI=1S/C21H26N2O3/c24-21(25)16-7-9-23(10-8-16)14-19-6-5-18(26-19)12-15-11-17-3-1-2-4-20(17)22-13-15/h1-4,11,13,16,18-19H,5-10,12,14H2,(H,24,25)/t18-,19+/m0/s1. The van der Waals surface area contributed by atoms with Crippen LogP contribution in [0.4, 0.5) is 0 Å². The van der Waals surface area contributed by atoms with Crippen molar-refractivity contribution in [2.45, 2.75) is 44.3 Å². The summed E-state index contributed by atoms with van der Waals surface area (Å²) >= 11 is 0. The summed E-state index contributed by atoms with van der Waals surface area (Å²) in [6.07, 6.45) is 7.11. The maximum atomic E-state index is 11.1. The molecule has 3 heterocycles. The lowest BCUT2D eigenvalue weighted by atomic mass is 9.97. The average molecular weight is 354 g/mol. The van der Waals surface area contributed by atoms with Crippen molar-refractivity contribution in [3.05, 3.63) is 42.1 Å². The summed E-state index contributed by atoms with van der Waals surface area (Å²) < 4.78 is 6.27. The predicted octanol–water partition coefficient (Wildman–Crippen LogP) is 3.12. The molecule has 2 saturated heterocycles. The second-order valence-electron chi connectivity index (χ2n) is 7.61. The molecule has 5 heteroatoms. The van der Waals surface area contributed by atoms with Crippen molar-refractivity contribution in [1.82, 2.24) is 9.88 Å². The van der Waals surface area contributed by atoms with Gasteiger partial charge in [0.1, 0.15) is 0 Å². The maximum absolute atomic E-state index is 11.1. The molecule has 138 valence electrons. The van der Waals surface area contributed by atoms with Gasteiger partial charge in [-0.25, -0.2) is 0 Å². The van der Waals surface area contributed by atoms with E-state index in [0.29, 0.717) is 0 Å². The van der Waals surface area contributed by atoms with Crippen molar-refractivity contribution in [3.63, 3.8) is 0 Å². The van der Waals surface area contributed by atoms with E-state index < -0.39 is 5.97 Å². The number of aliphatic carboxylic acids is 1. The molecule has 0 spiro atoms. The molecule has 0 aliphatic carbocycles. The zero-order chi connectivity index (χ0) is 17.9. The van der Waals surface area contributed by atoms with E-state index in [1.54, 1.807) is 0 Å². The molecule has 26 heavy (non-hydrogen) atoms. The van der Waals surface area contributed by atoms with E-state index in [2.05, 4.69) is 22.0 Å². The third-order valence-electron chi connectivity index (χ3n) is 5.70. The normalized spacial score (nSPS) is 24.9. The number of ether oxygens (including phenoxy) is 1. The van der Waals surface area contributed by atoms with Crippen LogP contribution < -0.4 is 0 Å². The van der Waals surface area contributed by atoms with Crippen molar-refractivity contribution in [2.75, 3.05) is 19.6 Å². The molecule has 2 aliphatic rings. The van der Waals surface area contributed by atoms with Crippen molar-refractivity contribution in [2.24, 2.45) is 5.92 Å². The van der Waals surface area contributed by atoms with Crippen LogP contribution in [0.25, 0.3) is 10.9 Å². The Morgan fingerprint density at radius 1 is 1.15 bits per heavy atom. The molecule has 2 aromatic rings. The largest absolute Gasteiger partial charge is 0.481 e. The van der Waals surface area contributed by atoms with E-state index in [0.717, 1.165) is 57.3 Å². The zero-order valence-electron chi connectivity index (χ0n) is 15.0. The van der Waals surface area contributed by atoms with Crippen LogP contribution in [0.3, 0.4) is 0 Å². The van der Waals surface area contributed by atoms with Crippen LogP contribution >= 0.6 is 0 Å². The van der Waals surface area contributed by atoms with Gasteiger partial charge in [0, 0.05) is 24.5 Å². The highest BCUT2D eigenvalue weighted by Crippen LogP contribution is 2.26. The second-order valence-corrected chi connectivity index (χ2v) is 7.61. The molecular weight excluding hydrogens is 328 g/mol. The minimum atomic E-state index is -0.647. The number of carbonyl (C=O) groups is 1. The minimum Gasteiger partial charge on any atom is -0.481 e. The number of benzene rings is 1. The lowest BCUT2D eigenvalue weighted by molar-refractivity contribution is -0.143. The Kier molecular flexibility index (Phi) is 5.18. The summed E-state index contributed by atoms with van der Waals surface area (Å²) in [4.78, 5) is 18.0. The number of nitrogens with zero attached hydrogens (tertiary/aromatic N) is 2. The number of pyridine rings is 1. The van der Waals surface area contributed by atoms with Crippen LogP contribution in [0, 0.1) is 5.92 Å². The summed E-state index contributed by atoms with van der Waals surface area (Å²) in [6.45, 7) is 2.67. The van der Waals surface area contributed by atoms with Gasteiger partial charge in [-0.15, -0.1) is 0 Å². The molecular formula is C21H26N2O3. The first-order valence-electron chi connectivity index (χ1n) is 9.61. The van der Waals surface area contributed by atoms with Crippen molar-refractivity contribution in [1.29, 1.82) is 0 Å². The first-order chi connectivity index (χ1) is 12.7. The molecule has 0 unspecified atom stereocenters. The highest BCUT2D eigenvalue weighted by atomic mass is 16.5. The smallest absolute Gasteiger partial charge is 0.306 e.